The average Bonchev–Trinajstić information content (AvgIpc) is 3.17. The highest BCUT2D eigenvalue weighted by atomic mass is 16.5. The molecule has 5 heteroatoms. The van der Waals surface area contributed by atoms with E-state index < -0.39 is 5.60 Å². The largest absolute Gasteiger partial charge is 0.495 e. The molecular formula is C17H24N2O3. The van der Waals surface area contributed by atoms with E-state index in [0.29, 0.717) is 12.8 Å². The van der Waals surface area contributed by atoms with Crippen molar-refractivity contribution in [2.75, 3.05) is 25.1 Å². The Bertz CT molecular complexity index is 540. The molecule has 120 valence electrons. The van der Waals surface area contributed by atoms with Gasteiger partial charge in [-0.1, -0.05) is 12.1 Å². The standard InChI is InChI=1S/C17H24N2O3/c1-22-15-7-3-2-6-14(15)19-11-8-13(12-19)18-16(20)17(21)9-4-5-10-17/h2-3,6-7,13,21H,4-5,8-12H2,1H3,(H,18,20). The van der Waals surface area contributed by atoms with Crippen molar-refractivity contribution in [2.45, 2.75) is 43.7 Å². The third-order valence-corrected chi connectivity index (χ3v) is 4.80. The van der Waals surface area contributed by atoms with Gasteiger partial charge in [-0.15, -0.1) is 0 Å². The summed E-state index contributed by atoms with van der Waals surface area (Å²) < 4.78 is 5.40. The number of hydrogen-bond donors (Lipinski definition) is 2. The monoisotopic (exact) mass is 304 g/mol. The molecule has 1 aliphatic carbocycles. The van der Waals surface area contributed by atoms with Gasteiger partial charge in [0.15, 0.2) is 0 Å². The molecule has 0 bridgehead atoms. The summed E-state index contributed by atoms with van der Waals surface area (Å²) in [5.74, 6) is 0.653. The Hall–Kier alpha value is -1.75. The molecule has 2 aliphatic rings. The maximum absolute atomic E-state index is 12.3. The van der Waals surface area contributed by atoms with Crippen molar-refractivity contribution in [3.8, 4) is 5.75 Å². The highest BCUT2D eigenvalue weighted by Gasteiger charge is 2.40. The lowest BCUT2D eigenvalue weighted by molar-refractivity contribution is -0.139. The summed E-state index contributed by atoms with van der Waals surface area (Å²) in [4.78, 5) is 14.5. The molecule has 2 N–H and O–H groups in total. The fourth-order valence-electron chi connectivity index (χ4n) is 3.49. The van der Waals surface area contributed by atoms with Crippen molar-refractivity contribution in [1.29, 1.82) is 0 Å². The number of anilines is 1. The zero-order chi connectivity index (χ0) is 15.6. The number of rotatable bonds is 4. The molecule has 1 aromatic rings. The van der Waals surface area contributed by atoms with Crippen LogP contribution in [-0.2, 0) is 4.79 Å². The number of carbonyl (C=O) groups is 1. The summed E-state index contributed by atoms with van der Waals surface area (Å²) in [5, 5.41) is 13.4. The van der Waals surface area contributed by atoms with E-state index in [-0.39, 0.29) is 11.9 Å². The number of methoxy groups -OCH3 is 1. The molecule has 1 aromatic carbocycles. The number of benzene rings is 1. The van der Waals surface area contributed by atoms with E-state index >= 15 is 0 Å². The Morgan fingerprint density at radius 1 is 1.36 bits per heavy atom. The smallest absolute Gasteiger partial charge is 0.252 e. The van der Waals surface area contributed by atoms with Gasteiger partial charge < -0.3 is 20.1 Å². The van der Waals surface area contributed by atoms with Crippen molar-refractivity contribution < 1.29 is 14.6 Å². The van der Waals surface area contributed by atoms with Gasteiger partial charge in [0.1, 0.15) is 11.4 Å². The number of ether oxygens (including phenoxy) is 1. The van der Waals surface area contributed by atoms with E-state index in [4.69, 9.17) is 4.74 Å². The lowest BCUT2D eigenvalue weighted by Crippen LogP contribution is -2.49. The molecule has 0 radical (unpaired) electrons. The molecule has 1 unspecified atom stereocenters. The van der Waals surface area contributed by atoms with Crippen LogP contribution < -0.4 is 15.0 Å². The second-order valence-corrected chi connectivity index (χ2v) is 6.32. The number of amides is 1. The predicted octanol–water partition coefficient (Wildman–Crippen LogP) is 1.70. The molecule has 1 atom stereocenters. The number of para-hydroxylation sites is 2. The number of nitrogens with zero attached hydrogens (tertiary/aromatic N) is 1. The minimum absolute atomic E-state index is 0.0852. The summed E-state index contributed by atoms with van der Waals surface area (Å²) in [7, 11) is 1.67. The first-order valence-corrected chi connectivity index (χ1v) is 8.04. The van der Waals surface area contributed by atoms with Crippen LogP contribution in [0.5, 0.6) is 5.75 Å². The molecule has 2 fully saturated rings. The van der Waals surface area contributed by atoms with Crippen LogP contribution in [-0.4, -0.2) is 42.9 Å². The normalized spacial score (nSPS) is 23.5. The highest BCUT2D eigenvalue weighted by Crippen LogP contribution is 2.32. The number of aliphatic hydroxyl groups is 1. The second-order valence-electron chi connectivity index (χ2n) is 6.32. The Kier molecular flexibility index (Phi) is 4.25. The number of nitrogens with one attached hydrogen (secondary N) is 1. The van der Waals surface area contributed by atoms with Gasteiger partial charge in [0.05, 0.1) is 12.8 Å². The molecule has 5 nitrogen and oxygen atoms in total. The van der Waals surface area contributed by atoms with E-state index in [1.807, 2.05) is 24.3 Å². The fraction of sp³-hybridized carbons (Fsp3) is 0.588. The molecular weight excluding hydrogens is 280 g/mol. The second kappa shape index (κ2) is 6.16. The Morgan fingerprint density at radius 2 is 2.09 bits per heavy atom. The van der Waals surface area contributed by atoms with Crippen molar-refractivity contribution >= 4 is 11.6 Å². The van der Waals surface area contributed by atoms with Gasteiger partial charge >= 0.3 is 0 Å². The van der Waals surface area contributed by atoms with Gasteiger partial charge in [0.25, 0.3) is 5.91 Å². The van der Waals surface area contributed by atoms with E-state index in [2.05, 4.69) is 10.2 Å². The predicted molar refractivity (Wildman–Crippen MR) is 85.2 cm³/mol. The van der Waals surface area contributed by atoms with Crippen LogP contribution in [0.4, 0.5) is 5.69 Å². The molecule has 1 saturated carbocycles. The first-order chi connectivity index (χ1) is 10.6. The van der Waals surface area contributed by atoms with E-state index in [1.54, 1.807) is 7.11 Å². The van der Waals surface area contributed by atoms with Crippen molar-refractivity contribution in [3.63, 3.8) is 0 Å². The minimum Gasteiger partial charge on any atom is -0.495 e. The topological polar surface area (TPSA) is 61.8 Å². The summed E-state index contributed by atoms with van der Waals surface area (Å²) in [6, 6.07) is 8.01. The van der Waals surface area contributed by atoms with Gasteiger partial charge in [0.2, 0.25) is 0 Å². The highest BCUT2D eigenvalue weighted by molar-refractivity contribution is 5.85. The lowest BCUT2D eigenvalue weighted by atomic mass is 10.0. The summed E-state index contributed by atoms with van der Waals surface area (Å²) in [5.41, 5.74) is -0.0842. The van der Waals surface area contributed by atoms with Gasteiger partial charge in [-0.3, -0.25) is 4.79 Å². The van der Waals surface area contributed by atoms with Crippen molar-refractivity contribution in [1.82, 2.24) is 5.32 Å². The molecule has 0 spiro atoms. The van der Waals surface area contributed by atoms with E-state index in [1.165, 1.54) is 0 Å². The van der Waals surface area contributed by atoms with Crippen LogP contribution in [0, 0.1) is 0 Å². The van der Waals surface area contributed by atoms with Crippen molar-refractivity contribution in [2.24, 2.45) is 0 Å². The average molecular weight is 304 g/mol. The van der Waals surface area contributed by atoms with E-state index in [0.717, 1.165) is 43.8 Å². The van der Waals surface area contributed by atoms with Crippen LogP contribution in [0.25, 0.3) is 0 Å². The SMILES string of the molecule is COc1ccccc1N1CCC(NC(=O)C2(O)CCCC2)C1. The molecule has 1 saturated heterocycles. The van der Waals surface area contributed by atoms with E-state index in [9.17, 15) is 9.90 Å². The molecule has 22 heavy (non-hydrogen) atoms. The molecule has 0 aromatic heterocycles. The summed E-state index contributed by atoms with van der Waals surface area (Å²) in [6.07, 6.45) is 3.92. The minimum atomic E-state index is -1.14. The van der Waals surface area contributed by atoms with Crippen LogP contribution in [0.15, 0.2) is 24.3 Å². The van der Waals surface area contributed by atoms with Gasteiger partial charge in [-0.2, -0.15) is 0 Å². The zero-order valence-electron chi connectivity index (χ0n) is 13.0. The number of carbonyl (C=O) groups excluding carboxylic acids is 1. The molecule has 3 rings (SSSR count). The first-order valence-electron chi connectivity index (χ1n) is 8.04. The summed E-state index contributed by atoms with van der Waals surface area (Å²) >= 11 is 0. The molecule has 1 heterocycles. The van der Waals surface area contributed by atoms with Crippen LogP contribution >= 0.6 is 0 Å². The Morgan fingerprint density at radius 3 is 2.82 bits per heavy atom. The Labute approximate surface area is 131 Å². The fourth-order valence-corrected chi connectivity index (χ4v) is 3.49. The molecule has 1 aliphatic heterocycles. The van der Waals surface area contributed by atoms with Gasteiger partial charge in [-0.25, -0.2) is 0 Å². The third-order valence-electron chi connectivity index (χ3n) is 4.80. The van der Waals surface area contributed by atoms with Crippen molar-refractivity contribution in [3.05, 3.63) is 24.3 Å². The van der Waals surface area contributed by atoms with Gasteiger partial charge in [-0.05, 0) is 44.2 Å². The lowest BCUT2D eigenvalue weighted by Gasteiger charge is -2.25. The maximum Gasteiger partial charge on any atom is 0.252 e. The summed E-state index contributed by atoms with van der Waals surface area (Å²) in [6.45, 7) is 1.63. The van der Waals surface area contributed by atoms with Crippen LogP contribution in [0.3, 0.4) is 0 Å². The first kappa shape index (κ1) is 15.2. The van der Waals surface area contributed by atoms with Crippen LogP contribution in [0.1, 0.15) is 32.1 Å². The van der Waals surface area contributed by atoms with Gasteiger partial charge in [0, 0.05) is 19.1 Å². The maximum atomic E-state index is 12.3. The third kappa shape index (κ3) is 2.90. The zero-order valence-corrected chi connectivity index (χ0v) is 13.0. The van der Waals surface area contributed by atoms with Crippen LogP contribution in [0.2, 0.25) is 0 Å². The quantitative estimate of drug-likeness (QED) is 0.889. The molecule has 1 amide bonds. The Balaban J connectivity index is 1.61. The number of hydrogen-bond acceptors (Lipinski definition) is 4.